The van der Waals surface area contributed by atoms with Crippen molar-refractivity contribution in [2.75, 3.05) is 23.3 Å². The van der Waals surface area contributed by atoms with Crippen molar-refractivity contribution in [3.63, 3.8) is 0 Å². The minimum absolute atomic E-state index is 0.0548. The summed E-state index contributed by atoms with van der Waals surface area (Å²) >= 11 is 1.27. The molecule has 1 amide bonds. The Morgan fingerprint density at radius 3 is 2.62 bits per heavy atom. The normalized spacial score (nSPS) is 15.1. The van der Waals surface area contributed by atoms with E-state index in [2.05, 4.69) is 27.1 Å². The third kappa shape index (κ3) is 3.81. The van der Waals surface area contributed by atoms with Crippen LogP contribution >= 0.6 is 11.3 Å². The zero-order valence-electron chi connectivity index (χ0n) is 16.6. The largest absolute Gasteiger partial charge is 0.356 e. The van der Waals surface area contributed by atoms with Crippen LogP contribution in [0.4, 0.5) is 20.3 Å². The van der Waals surface area contributed by atoms with Crippen molar-refractivity contribution in [3.05, 3.63) is 46.1 Å². The summed E-state index contributed by atoms with van der Waals surface area (Å²) in [5.41, 5.74) is 0.722. The number of aryl methyl sites for hydroxylation is 2. The molecular formula is C21H22F2N4OS. The Morgan fingerprint density at radius 1 is 1.21 bits per heavy atom. The Kier molecular flexibility index (Phi) is 5.21. The molecule has 0 unspecified atom stereocenters. The number of benzene rings is 1. The van der Waals surface area contributed by atoms with Gasteiger partial charge in [-0.1, -0.05) is 6.92 Å². The van der Waals surface area contributed by atoms with Crippen LogP contribution in [0.3, 0.4) is 0 Å². The van der Waals surface area contributed by atoms with Gasteiger partial charge in [-0.25, -0.2) is 18.7 Å². The lowest BCUT2D eigenvalue weighted by molar-refractivity contribution is 0.102. The van der Waals surface area contributed by atoms with E-state index in [1.165, 1.54) is 17.4 Å². The molecule has 0 radical (unpaired) electrons. The smallest absolute Gasteiger partial charge is 0.266 e. The summed E-state index contributed by atoms with van der Waals surface area (Å²) in [6, 6.07) is 3.08. The number of aromatic nitrogens is 2. The quantitative estimate of drug-likeness (QED) is 0.647. The lowest BCUT2D eigenvalue weighted by Gasteiger charge is -2.31. The SMILES string of the molecule is Cc1nc(N2CCC(C)CC2)c2c(C)c(C(=O)Nc3ccc(F)cc3F)sc2n1. The molecule has 0 saturated carbocycles. The van der Waals surface area contributed by atoms with Crippen molar-refractivity contribution in [1.82, 2.24) is 9.97 Å². The van der Waals surface area contributed by atoms with E-state index in [0.29, 0.717) is 16.6 Å². The van der Waals surface area contributed by atoms with Gasteiger partial charge in [-0.05, 0) is 50.3 Å². The van der Waals surface area contributed by atoms with Gasteiger partial charge in [-0.3, -0.25) is 4.79 Å². The van der Waals surface area contributed by atoms with Crippen molar-refractivity contribution in [3.8, 4) is 0 Å². The summed E-state index contributed by atoms with van der Waals surface area (Å²) in [7, 11) is 0. The maximum absolute atomic E-state index is 13.9. The van der Waals surface area contributed by atoms with Crippen LogP contribution in [0, 0.1) is 31.4 Å². The van der Waals surface area contributed by atoms with E-state index >= 15 is 0 Å². The van der Waals surface area contributed by atoms with Crippen molar-refractivity contribution in [1.29, 1.82) is 0 Å². The Morgan fingerprint density at radius 2 is 1.93 bits per heavy atom. The van der Waals surface area contributed by atoms with Crippen LogP contribution in [0.25, 0.3) is 10.2 Å². The number of anilines is 2. The van der Waals surface area contributed by atoms with Crippen molar-refractivity contribution < 1.29 is 13.6 Å². The number of carbonyl (C=O) groups excluding carboxylic acids is 1. The second-order valence-corrected chi connectivity index (χ2v) is 8.58. The van der Waals surface area contributed by atoms with Gasteiger partial charge in [0, 0.05) is 19.2 Å². The van der Waals surface area contributed by atoms with Crippen LogP contribution in [0.5, 0.6) is 0 Å². The van der Waals surface area contributed by atoms with Gasteiger partial charge in [0.15, 0.2) is 0 Å². The molecule has 0 atom stereocenters. The number of hydrogen-bond donors (Lipinski definition) is 1. The van der Waals surface area contributed by atoms with Gasteiger partial charge < -0.3 is 10.2 Å². The number of nitrogens with one attached hydrogen (secondary N) is 1. The van der Waals surface area contributed by atoms with Crippen LogP contribution < -0.4 is 10.2 Å². The number of amides is 1. The molecule has 3 heterocycles. The summed E-state index contributed by atoms with van der Waals surface area (Å²) < 4.78 is 27.1. The van der Waals surface area contributed by atoms with Crippen LogP contribution in [0.2, 0.25) is 0 Å². The fourth-order valence-electron chi connectivity index (χ4n) is 3.66. The highest BCUT2D eigenvalue weighted by Crippen LogP contribution is 2.37. The number of carbonyl (C=O) groups is 1. The van der Waals surface area contributed by atoms with Gasteiger partial charge in [0.25, 0.3) is 5.91 Å². The molecule has 5 nitrogen and oxygen atoms in total. The first-order chi connectivity index (χ1) is 13.8. The highest BCUT2D eigenvalue weighted by Gasteiger charge is 2.25. The van der Waals surface area contributed by atoms with Crippen LogP contribution in [-0.2, 0) is 0 Å². The van der Waals surface area contributed by atoms with Gasteiger partial charge >= 0.3 is 0 Å². The number of hydrogen-bond acceptors (Lipinski definition) is 5. The fourth-order valence-corrected chi connectivity index (χ4v) is 4.77. The number of rotatable bonds is 3. The van der Waals surface area contributed by atoms with Crippen LogP contribution in [0.1, 0.15) is 40.8 Å². The molecule has 1 aliphatic rings. The molecule has 0 bridgehead atoms. The summed E-state index contributed by atoms with van der Waals surface area (Å²) in [5.74, 6) is 0.275. The molecule has 8 heteroatoms. The summed E-state index contributed by atoms with van der Waals surface area (Å²) in [6.07, 6.45) is 2.20. The second-order valence-electron chi connectivity index (χ2n) is 7.58. The average molecular weight is 416 g/mol. The third-order valence-electron chi connectivity index (χ3n) is 5.35. The van der Waals surface area contributed by atoms with Gasteiger partial charge in [-0.2, -0.15) is 0 Å². The number of piperidine rings is 1. The molecule has 0 spiro atoms. The molecule has 1 saturated heterocycles. The third-order valence-corrected chi connectivity index (χ3v) is 6.54. The minimum atomic E-state index is -0.809. The van der Waals surface area contributed by atoms with Gasteiger partial charge in [0.1, 0.15) is 28.1 Å². The number of fused-ring (bicyclic) bond motifs is 1. The first-order valence-electron chi connectivity index (χ1n) is 9.62. The molecule has 1 N–H and O–H groups in total. The highest BCUT2D eigenvalue weighted by molar-refractivity contribution is 7.20. The average Bonchev–Trinajstić information content (AvgIpc) is 3.00. The Labute approximate surface area is 171 Å². The topological polar surface area (TPSA) is 58.1 Å². The molecule has 152 valence electrons. The maximum Gasteiger partial charge on any atom is 0.266 e. The molecule has 2 aromatic heterocycles. The first-order valence-corrected chi connectivity index (χ1v) is 10.4. The Bertz CT molecular complexity index is 1090. The Balaban J connectivity index is 1.71. The van der Waals surface area contributed by atoms with Crippen LogP contribution in [0.15, 0.2) is 18.2 Å². The highest BCUT2D eigenvalue weighted by atomic mass is 32.1. The van der Waals surface area contributed by atoms with E-state index in [-0.39, 0.29) is 5.69 Å². The first kappa shape index (κ1) is 19.7. The number of nitrogens with zero attached hydrogens (tertiary/aromatic N) is 3. The molecular weight excluding hydrogens is 394 g/mol. The Hall–Kier alpha value is -2.61. The van der Waals surface area contributed by atoms with Gasteiger partial charge in [-0.15, -0.1) is 11.3 Å². The summed E-state index contributed by atoms with van der Waals surface area (Å²) in [5, 5.41) is 3.42. The minimum Gasteiger partial charge on any atom is -0.356 e. The lowest BCUT2D eigenvalue weighted by Crippen LogP contribution is -2.33. The van der Waals surface area contributed by atoms with Crippen LogP contribution in [-0.4, -0.2) is 29.0 Å². The van der Waals surface area contributed by atoms with E-state index in [9.17, 15) is 13.6 Å². The van der Waals surface area contributed by atoms with Crippen molar-refractivity contribution >= 4 is 39.0 Å². The maximum atomic E-state index is 13.9. The van der Waals surface area contributed by atoms with Crippen molar-refractivity contribution in [2.45, 2.75) is 33.6 Å². The van der Waals surface area contributed by atoms with Gasteiger partial charge in [0.05, 0.1) is 16.0 Å². The predicted molar refractivity (Wildman–Crippen MR) is 112 cm³/mol. The number of halogens is 2. The summed E-state index contributed by atoms with van der Waals surface area (Å²) in [4.78, 5) is 25.5. The monoisotopic (exact) mass is 416 g/mol. The van der Waals surface area contributed by atoms with E-state index in [4.69, 9.17) is 0 Å². The zero-order valence-corrected chi connectivity index (χ0v) is 17.4. The predicted octanol–water partition coefficient (Wildman–Crippen LogP) is 5.07. The standard InChI is InChI=1S/C21H22F2N4OS/c1-11-6-8-27(9-7-11)19-17-12(2)18(29-21(17)25-13(3)24-19)20(28)26-16-5-4-14(22)10-15(16)23/h4-5,10-11H,6-9H2,1-3H3,(H,26,28). The molecule has 4 rings (SSSR count). The number of thiophene rings is 1. The molecule has 1 aromatic carbocycles. The molecule has 1 fully saturated rings. The molecule has 1 aliphatic heterocycles. The molecule has 29 heavy (non-hydrogen) atoms. The van der Waals surface area contributed by atoms with Crippen molar-refractivity contribution in [2.24, 2.45) is 5.92 Å². The van der Waals surface area contributed by atoms with Gasteiger partial charge in [0.2, 0.25) is 0 Å². The molecule has 0 aliphatic carbocycles. The fraction of sp³-hybridized carbons (Fsp3) is 0.381. The van der Waals surface area contributed by atoms with E-state index in [1.54, 1.807) is 0 Å². The second kappa shape index (κ2) is 7.67. The lowest BCUT2D eigenvalue weighted by atomic mass is 9.99. The zero-order chi connectivity index (χ0) is 20.7. The molecule has 3 aromatic rings. The van der Waals surface area contributed by atoms with E-state index in [0.717, 1.165) is 59.7 Å². The van der Waals surface area contributed by atoms with E-state index < -0.39 is 17.5 Å². The summed E-state index contributed by atoms with van der Waals surface area (Å²) in [6.45, 7) is 7.81. The van der Waals surface area contributed by atoms with E-state index in [1.807, 2.05) is 13.8 Å².